The van der Waals surface area contributed by atoms with Gasteiger partial charge in [0.25, 0.3) is 0 Å². The summed E-state index contributed by atoms with van der Waals surface area (Å²) in [7, 11) is 0. The van der Waals surface area contributed by atoms with Crippen LogP contribution in [0, 0.1) is 0 Å². The summed E-state index contributed by atoms with van der Waals surface area (Å²) in [6.45, 7) is 6.88. The lowest BCUT2D eigenvalue weighted by Crippen LogP contribution is -2.47. The van der Waals surface area contributed by atoms with Crippen LogP contribution in [-0.2, 0) is 19.1 Å². The first-order valence-corrected chi connectivity index (χ1v) is 9.66. The highest BCUT2D eigenvalue weighted by Gasteiger charge is 2.38. The Kier molecular flexibility index (Phi) is 7.72. The molecular formula is C21H23Cl2NO4. The molecule has 0 saturated carbocycles. The van der Waals surface area contributed by atoms with Gasteiger partial charge >= 0.3 is 11.9 Å². The zero-order valence-electron chi connectivity index (χ0n) is 16.2. The SMILES string of the molecule is CC(C)OC(=O)C(C(=O)OC(C)C)N(c1ccc(Cl)cc1)c1ccc(Cl)cc1. The molecule has 0 heterocycles. The minimum Gasteiger partial charge on any atom is -0.461 e. The number of hydrogen-bond donors (Lipinski definition) is 0. The molecule has 0 saturated heterocycles. The van der Waals surface area contributed by atoms with Crippen LogP contribution in [0.5, 0.6) is 0 Å². The minimum absolute atomic E-state index is 0.390. The molecule has 0 radical (unpaired) electrons. The van der Waals surface area contributed by atoms with Crippen molar-refractivity contribution >= 4 is 46.5 Å². The van der Waals surface area contributed by atoms with Gasteiger partial charge in [-0.2, -0.15) is 0 Å². The van der Waals surface area contributed by atoms with Gasteiger partial charge in [0, 0.05) is 21.4 Å². The normalized spacial score (nSPS) is 11.0. The van der Waals surface area contributed by atoms with E-state index in [1.54, 1.807) is 81.1 Å². The number of benzene rings is 2. The molecule has 0 aliphatic carbocycles. The second-order valence-electron chi connectivity index (χ2n) is 6.70. The van der Waals surface area contributed by atoms with Crippen LogP contribution in [-0.4, -0.2) is 30.2 Å². The zero-order valence-corrected chi connectivity index (χ0v) is 17.7. The first-order chi connectivity index (χ1) is 13.2. The molecule has 0 amide bonds. The van der Waals surface area contributed by atoms with Gasteiger partial charge in [0.1, 0.15) is 0 Å². The molecule has 0 aliphatic heterocycles. The summed E-state index contributed by atoms with van der Waals surface area (Å²) in [6.07, 6.45) is -0.779. The van der Waals surface area contributed by atoms with Crippen LogP contribution in [0.1, 0.15) is 27.7 Å². The maximum atomic E-state index is 12.9. The van der Waals surface area contributed by atoms with Crippen molar-refractivity contribution in [2.75, 3.05) is 4.90 Å². The van der Waals surface area contributed by atoms with Crippen LogP contribution in [0.25, 0.3) is 0 Å². The Morgan fingerprint density at radius 1 is 0.714 bits per heavy atom. The molecule has 2 aromatic rings. The average Bonchev–Trinajstić information content (AvgIpc) is 2.60. The fourth-order valence-electron chi connectivity index (χ4n) is 2.55. The Hall–Kier alpha value is -2.24. The first-order valence-electron chi connectivity index (χ1n) is 8.90. The van der Waals surface area contributed by atoms with Crippen molar-refractivity contribution in [1.29, 1.82) is 0 Å². The molecule has 0 fully saturated rings. The molecule has 0 spiro atoms. The topological polar surface area (TPSA) is 55.8 Å². The minimum atomic E-state index is -1.33. The van der Waals surface area contributed by atoms with E-state index >= 15 is 0 Å². The van der Waals surface area contributed by atoms with E-state index in [-0.39, 0.29) is 12.2 Å². The summed E-state index contributed by atoms with van der Waals surface area (Å²) in [5.41, 5.74) is 1.16. The quantitative estimate of drug-likeness (QED) is 0.440. The second kappa shape index (κ2) is 9.80. The molecular weight excluding hydrogens is 401 g/mol. The number of rotatable bonds is 7. The van der Waals surface area contributed by atoms with Crippen LogP contribution in [0.2, 0.25) is 10.0 Å². The van der Waals surface area contributed by atoms with Crippen molar-refractivity contribution in [3.8, 4) is 0 Å². The molecule has 2 rings (SSSR count). The Balaban J connectivity index is 2.58. The second-order valence-corrected chi connectivity index (χ2v) is 7.57. The van der Waals surface area contributed by atoms with Crippen molar-refractivity contribution in [2.24, 2.45) is 0 Å². The van der Waals surface area contributed by atoms with E-state index in [0.29, 0.717) is 21.4 Å². The molecule has 2 aromatic carbocycles. The zero-order chi connectivity index (χ0) is 20.8. The molecule has 0 atom stereocenters. The van der Waals surface area contributed by atoms with E-state index in [0.717, 1.165) is 0 Å². The third-order valence-electron chi connectivity index (χ3n) is 3.62. The van der Waals surface area contributed by atoms with Crippen molar-refractivity contribution in [3.05, 3.63) is 58.6 Å². The lowest BCUT2D eigenvalue weighted by molar-refractivity contribution is -0.160. The van der Waals surface area contributed by atoms with Gasteiger partial charge in [0.2, 0.25) is 6.04 Å². The largest absolute Gasteiger partial charge is 0.461 e. The standard InChI is InChI=1S/C21H23Cl2NO4/c1-13(2)27-20(25)19(21(26)28-14(3)4)24(17-9-5-15(22)6-10-17)18-11-7-16(23)8-12-18/h5-14,19H,1-4H3. The van der Waals surface area contributed by atoms with E-state index in [1.807, 2.05) is 0 Å². The van der Waals surface area contributed by atoms with Crippen molar-refractivity contribution in [3.63, 3.8) is 0 Å². The summed E-state index contributed by atoms with van der Waals surface area (Å²) >= 11 is 12.0. The molecule has 150 valence electrons. The molecule has 0 aliphatic rings. The number of hydrogen-bond acceptors (Lipinski definition) is 5. The van der Waals surface area contributed by atoms with Crippen molar-refractivity contribution in [1.82, 2.24) is 0 Å². The highest BCUT2D eigenvalue weighted by Crippen LogP contribution is 2.31. The summed E-state index contributed by atoms with van der Waals surface area (Å²) < 4.78 is 10.7. The number of esters is 2. The number of anilines is 2. The highest BCUT2D eigenvalue weighted by atomic mass is 35.5. The van der Waals surface area contributed by atoms with Gasteiger partial charge < -0.3 is 14.4 Å². The highest BCUT2D eigenvalue weighted by molar-refractivity contribution is 6.31. The number of carbonyl (C=O) groups excluding carboxylic acids is 2. The smallest absolute Gasteiger partial charge is 0.341 e. The summed E-state index contributed by atoms with van der Waals surface area (Å²) in [6, 6.07) is 12.3. The van der Waals surface area contributed by atoms with E-state index < -0.39 is 18.0 Å². The van der Waals surface area contributed by atoms with Gasteiger partial charge in [-0.05, 0) is 76.2 Å². The first kappa shape index (κ1) is 22.1. The fraction of sp³-hybridized carbons (Fsp3) is 0.333. The Morgan fingerprint density at radius 3 is 1.32 bits per heavy atom. The molecule has 0 bridgehead atoms. The molecule has 0 unspecified atom stereocenters. The fourth-order valence-corrected chi connectivity index (χ4v) is 2.80. The lowest BCUT2D eigenvalue weighted by atomic mass is 10.1. The number of ether oxygens (including phenoxy) is 2. The number of halogens is 2. The summed E-state index contributed by atoms with van der Waals surface area (Å²) in [5, 5.41) is 1.07. The maximum Gasteiger partial charge on any atom is 0.341 e. The van der Waals surface area contributed by atoms with Gasteiger partial charge in [-0.15, -0.1) is 0 Å². The Labute approximate surface area is 175 Å². The van der Waals surface area contributed by atoms with Crippen LogP contribution in [0.15, 0.2) is 48.5 Å². The van der Waals surface area contributed by atoms with E-state index in [1.165, 1.54) is 0 Å². The molecule has 0 aromatic heterocycles. The van der Waals surface area contributed by atoms with E-state index in [4.69, 9.17) is 32.7 Å². The predicted octanol–water partition coefficient (Wildman–Crippen LogP) is 5.40. The summed E-state index contributed by atoms with van der Waals surface area (Å²) in [4.78, 5) is 27.3. The third kappa shape index (κ3) is 5.88. The van der Waals surface area contributed by atoms with Crippen LogP contribution < -0.4 is 4.90 Å². The molecule has 28 heavy (non-hydrogen) atoms. The third-order valence-corrected chi connectivity index (χ3v) is 4.12. The predicted molar refractivity (Wildman–Crippen MR) is 111 cm³/mol. The van der Waals surface area contributed by atoms with Gasteiger partial charge in [0.15, 0.2) is 0 Å². The lowest BCUT2D eigenvalue weighted by Gasteiger charge is -2.31. The summed E-state index contributed by atoms with van der Waals surface area (Å²) in [5.74, 6) is -1.41. The van der Waals surface area contributed by atoms with Gasteiger partial charge in [-0.1, -0.05) is 23.2 Å². The van der Waals surface area contributed by atoms with E-state index in [9.17, 15) is 9.59 Å². The van der Waals surface area contributed by atoms with Crippen LogP contribution >= 0.6 is 23.2 Å². The van der Waals surface area contributed by atoms with Gasteiger partial charge in [-0.25, -0.2) is 9.59 Å². The van der Waals surface area contributed by atoms with Gasteiger partial charge in [-0.3, -0.25) is 0 Å². The van der Waals surface area contributed by atoms with Crippen LogP contribution in [0.3, 0.4) is 0 Å². The van der Waals surface area contributed by atoms with Crippen molar-refractivity contribution in [2.45, 2.75) is 45.9 Å². The van der Waals surface area contributed by atoms with E-state index in [2.05, 4.69) is 0 Å². The molecule has 0 N–H and O–H groups in total. The van der Waals surface area contributed by atoms with Crippen LogP contribution in [0.4, 0.5) is 11.4 Å². The van der Waals surface area contributed by atoms with Gasteiger partial charge in [0.05, 0.1) is 12.2 Å². The Morgan fingerprint density at radius 2 is 1.04 bits per heavy atom. The molecule has 5 nitrogen and oxygen atoms in total. The van der Waals surface area contributed by atoms with Crippen molar-refractivity contribution < 1.29 is 19.1 Å². The average molecular weight is 424 g/mol. The monoisotopic (exact) mass is 423 g/mol. The Bertz CT molecular complexity index is 737. The number of nitrogens with zero attached hydrogens (tertiary/aromatic N) is 1. The molecule has 7 heteroatoms. The number of carbonyl (C=O) groups is 2. The maximum absolute atomic E-state index is 12.9.